The van der Waals surface area contributed by atoms with Gasteiger partial charge in [-0.15, -0.1) is 10.2 Å². The van der Waals surface area contributed by atoms with E-state index in [1.807, 2.05) is 12.1 Å². The lowest BCUT2D eigenvalue weighted by Gasteiger charge is -2.03. The standard InChI is InChI=1S/C12H10ClN5OS/c1-5(10(14)19)20-12-16-11-9(17-18-12)7-4-6(13)2-3-8(7)15-11/h2-5H,1H3,(H2,14,19)(H,15,16,18). The Hall–Kier alpha value is -1.86. The largest absolute Gasteiger partial charge is 0.369 e. The number of aromatic nitrogens is 4. The monoisotopic (exact) mass is 307 g/mol. The summed E-state index contributed by atoms with van der Waals surface area (Å²) >= 11 is 7.15. The number of nitrogens with zero attached hydrogens (tertiary/aromatic N) is 3. The quantitative estimate of drug-likeness (QED) is 0.722. The third-order valence-corrected chi connectivity index (χ3v) is 4.04. The van der Waals surface area contributed by atoms with Gasteiger partial charge in [-0.05, 0) is 25.1 Å². The van der Waals surface area contributed by atoms with Crippen molar-refractivity contribution in [3.8, 4) is 0 Å². The fourth-order valence-corrected chi connectivity index (χ4v) is 2.63. The highest BCUT2D eigenvalue weighted by atomic mass is 35.5. The van der Waals surface area contributed by atoms with Crippen LogP contribution in [0.25, 0.3) is 22.1 Å². The molecule has 1 aromatic carbocycles. The molecule has 1 atom stereocenters. The van der Waals surface area contributed by atoms with E-state index in [1.54, 1.807) is 13.0 Å². The minimum Gasteiger partial charge on any atom is -0.369 e. The summed E-state index contributed by atoms with van der Waals surface area (Å²) in [6.45, 7) is 1.70. The molecular formula is C12H10ClN5OS. The van der Waals surface area contributed by atoms with Crippen LogP contribution in [0.15, 0.2) is 23.4 Å². The number of benzene rings is 1. The number of thioether (sulfide) groups is 1. The molecule has 3 N–H and O–H groups in total. The highest BCUT2D eigenvalue weighted by molar-refractivity contribution is 8.00. The fraction of sp³-hybridized carbons (Fsp3) is 0.167. The normalized spacial score (nSPS) is 12.9. The van der Waals surface area contributed by atoms with Crippen molar-refractivity contribution in [2.75, 3.05) is 0 Å². The Balaban J connectivity index is 2.08. The summed E-state index contributed by atoms with van der Waals surface area (Å²) in [5.74, 6) is -0.415. The van der Waals surface area contributed by atoms with Crippen LogP contribution in [0.5, 0.6) is 0 Å². The zero-order chi connectivity index (χ0) is 14.3. The van der Waals surface area contributed by atoms with Crippen molar-refractivity contribution >= 4 is 51.3 Å². The number of hydrogen-bond acceptors (Lipinski definition) is 5. The lowest BCUT2D eigenvalue weighted by atomic mass is 10.2. The summed E-state index contributed by atoms with van der Waals surface area (Å²) < 4.78 is 0. The van der Waals surface area contributed by atoms with Gasteiger partial charge in [-0.2, -0.15) is 0 Å². The highest BCUT2D eigenvalue weighted by Gasteiger charge is 2.15. The van der Waals surface area contributed by atoms with Crippen LogP contribution in [0, 0.1) is 0 Å². The topological polar surface area (TPSA) is 97.6 Å². The van der Waals surface area contributed by atoms with Gasteiger partial charge in [-0.25, -0.2) is 4.98 Å². The third kappa shape index (κ3) is 2.30. The predicted molar refractivity (Wildman–Crippen MR) is 78.7 cm³/mol. The highest BCUT2D eigenvalue weighted by Crippen LogP contribution is 2.26. The van der Waals surface area contributed by atoms with Crippen molar-refractivity contribution in [3.05, 3.63) is 23.2 Å². The Bertz CT molecular complexity index is 818. The van der Waals surface area contributed by atoms with E-state index in [9.17, 15) is 4.79 Å². The molecule has 0 radical (unpaired) electrons. The molecule has 3 rings (SSSR count). The maximum absolute atomic E-state index is 11.0. The second kappa shape index (κ2) is 4.92. The van der Waals surface area contributed by atoms with Gasteiger partial charge in [0.15, 0.2) is 5.65 Å². The summed E-state index contributed by atoms with van der Waals surface area (Å²) in [5.41, 5.74) is 7.36. The third-order valence-electron chi connectivity index (χ3n) is 2.84. The van der Waals surface area contributed by atoms with Crippen LogP contribution in [-0.2, 0) is 4.79 Å². The SMILES string of the molecule is CC(Sc1nnc2c(n1)[nH]c1ccc(Cl)cc12)C(N)=O. The Morgan fingerprint density at radius 3 is 3.00 bits per heavy atom. The Morgan fingerprint density at radius 1 is 1.45 bits per heavy atom. The molecule has 0 bridgehead atoms. The first-order chi connectivity index (χ1) is 9.54. The van der Waals surface area contributed by atoms with E-state index in [-0.39, 0.29) is 0 Å². The van der Waals surface area contributed by atoms with Crippen molar-refractivity contribution < 1.29 is 4.79 Å². The number of primary amides is 1. The summed E-state index contributed by atoms with van der Waals surface area (Å²) in [5, 5.41) is 9.65. The minimum atomic E-state index is -0.415. The van der Waals surface area contributed by atoms with E-state index in [4.69, 9.17) is 17.3 Å². The first-order valence-corrected chi connectivity index (χ1v) is 7.08. The number of aromatic amines is 1. The van der Waals surface area contributed by atoms with Crippen molar-refractivity contribution in [1.29, 1.82) is 0 Å². The molecule has 0 spiro atoms. The van der Waals surface area contributed by atoms with Crippen molar-refractivity contribution in [3.63, 3.8) is 0 Å². The zero-order valence-electron chi connectivity index (χ0n) is 10.4. The molecule has 2 heterocycles. The number of halogens is 1. The number of nitrogens with one attached hydrogen (secondary N) is 1. The molecule has 0 fully saturated rings. The van der Waals surface area contributed by atoms with E-state index >= 15 is 0 Å². The van der Waals surface area contributed by atoms with Crippen molar-refractivity contribution in [2.24, 2.45) is 5.73 Å². The smallest absolute Gasteiger partial charge is 0.230 e. The number of nitrogens with two attached hydrogens (primary N) is 1. The number of rotatable bonds is 3. The van der Waals surface area contributed by atoms with Crippen LogP contribution in [0.2, 0.25) is 5.02 Å². The lowest BCUT2D eigenvalue weighted by molar-refractivity contribution is -0.117. The van der Waals surface area contributed by atoms with Crippen LogP contribution in [-0.4, -0.2) is 31.3 Å². The average molecular weight is 308 g/mol. The van der Waals surface area contributed by atoms with E-state index in [2.05, 4.69) is 20.2 Å². The maximum atomic E-state index is 11.0. The van der Waals surface area contributed by atoms with Crippen LogP contribution in [0.4, 0.5) is 0 Å². The van der Waals surface area contributed by atoms with Gasteiger partial charge in [0.25, 0.3) is 0 Å². The Kier molecular flexibility index (Phi) is 3.23. The molecule has 0 aliphatic heterocycles. The second-order valence-corrected chi connectivity index (χ2v) is 6.01. The van der Waals surface area contributed by atoms with Gasteiger partial charge >= 0.3 is 0 Å². The van der Waals surface area contributed by atoms with Crippen LogP contribution < -0.4 is 5.73 Å². The molecule has 3 aromatic rings. The molecule has 20 heavy (non-hydrogen) atoms. The van der Waals surface area contributed by atoms with Crippen LogP contribution >= 0.6 is 23.4 Å². The molecule has 0 saturated carbocycles. The van der Waals surface area contributed by atoms with Gasteiger partial charge < -0.3 is 10.7 Å². The minimum absolute atomic E-state index is 0.404. The summed E-state index contributed by atoms with van der Waals surface area (Å²) in [6, 6.07) is 5.46. The van der Waals surface area contributed by atoms with Gasteiger partial charge in [-0.3, -0.25) is 4.79 Å². The molecule has 8 heteroatoms. The summed E-state index contributed by atoms with van der Waals surface area (Å²) in [7, 11) is 0. The molecule has 0 aliphatic carbocycles. The van der Waals surface area contributed by atoms with Gasteiger partial charge in [0.2, 0.25) is 11.1 Å². The number of carbonyl (C=O) groups is 1. The van der Waals surface area contributed by atoms with E-state index < -0.39 is 11.2 Å². The van der Waals surface area contributed by atoms with Crippen molar-refractivity contribution in [2.45, 2.75) is 17.3 Å². The molecule has 0 saturated heterocycles. The second-order valence-electron chi connectivity index (χ2n) is 4.27. The van der Waals surface area contributed by atoms with Crippen LogP contribution in [0.3, 0.4) is 0 Å². The maximum Gasteiger partial charge on any atom is 0.230 e. The van der Waals surface area contributed by atoms with Gasteiger partial charge in [0.05, 0.1) is 5.25 Å². The Morgan fingerprint density at radius 2 is 2.25 bits per heavy atom. The number of hydrogen-bond donors (Lipinski definition) is 2. The van der Waals surface area contributed by atoms with Crippen LogP contribution in [0.1, 0.15) is 6.92 Å². The van der Waals surface area contributed by atoms with E-state index in [1.165, 1.54) is 11.8 Å². The molecule has 1 amide bonds. The number of carbonyl (C=O) groups excluding carboxylic acids is 1. The number of amides is 1. The molecular weight excluding hydrogens is 298 g/mol. The number of fused-ring (bicyclic) bond motifs is 3. The molecule has 1 unspecified atom stereocenters. The van der Waals surface area contributed by atoms with E-state index in [0.717, 1.165) is 10.9 Å². The zero-order valence-corrected chi connectivity index (χ0v) is 12.0. The molecule has 2 aromatic heterocycles. The first-order valence-electron chi connectivity index (χ1n) is 5.82. The van der Waals surface area contributed by atoms with Gasteiger partial charge in [0, 0.05) is 15.9 Å². The molecule has 102 valence electrons. The predicted octanol–water partition coefficient (Wildman–Crippen LogP) is 2.13. The van der Waals surface area contributed by atoms with Gasteiger partial charge in [-0.1, -0.05) is 23.4 Å². The molecule has 6 nitrogen and oxygen atoms in total. The number of H-pyrrole nitrogens is 1. The van der Waals surface area contributed by atoms with E-state index in [0.29, 0.717) is 21.3 Å². The lowest BCUT2D eigenvalue weighted by Crippen LogP contribution is -2.22. The summed E-state index contributed by atoms with van der Waals surface area (Å²) in [4.78, 5) is 18.5. The first kappa shape index (κ1) is 13.1. The average Bonchev–Trinajstić information content (AvgIpc) is 2.75. The summed E-state index contributed by atoms with van der Waals surface area (Å²) in [6.07, 6.45) is 0. The van der Waals surface area contributed by atoms with Crippen molar-refractivity contribution in [1.82, 2.24) is 20.2 Å². The Labute approximate surface area is 123 Å². The molecule has 0 aliphatic rings. The van der Waals surface area contributed by atoms with Gasteiger partial charge in [0.1, 0.15) is 5.52 Å². The fourth-order valence-electron chi connectivity index (χ4n) is 1.79.